The van der Waals surface area contributed by atoms with E-state index in [1.54, 1.807) is 18.2 Å². The van der Waals surface area contributed by atoms with Crippen LogP contribution >= 0.6 is 0 Å². The first-order valence-electron chi connectivity index (χ1n) is 8.66. The van der Waals surface area contributed by atoms with Crippen LogP contribution in [0.3, 0.4) is 0 Å². The molecule has 0 fully saturated rings. The summed E-state index contributed by atoms with van der Waals surface area (Å²) >= 11 is 0. The first-order chi connectivity index (χ1) is 12.4. The number of benzene rings is 1. The molecule has 0 aliphatic rings. The zero-order valence-corrected chi connectivity index (χ0v) is 15.5. The van der Waals surface area contributed by atoms with Crippen molar-refractivity contribution in [3.8, 4) is 17.2 Å². The van der Waals surface area contributed by atoms with Crippen molar-refractivity contribution >= 4 is 16.9 Å². The normalized spacial score (nSPS) is 11.3. The zero-order valence-electron chi connectivity index (χ0n) is 15.5. The van der Waals surface area contributed by atoms with Gasteiger partial charge in [-0.2, -0.15) is 0 Å². The van der Waals surface area contributed by atoms with Gasteiger partial charge in [-0.05, 0) is 38.8 Å². The molecule has 26 heavy (non-hydrogen) atoms. The SMILES string of the molecule is CC/C=C/CCOc1c(OC(C)C)c2c(OC(C)=O)cccc2oc1=O. The lowest BCUT2D eigenvalue weighted by Crippen LogP contribution is -2.15. The minimum atomic E-state index is -0.632. The molecule has 0 bridgehead atoms. The predicted molar refractivity (Wildman–Crippen MR) is 99.1 cm³/mol. The molecule has 0 saturated carbocycles. The predicted octanol–water partition coefficient (Wildman–Crippen LogP) is 4.24. The van der Waals surface area contributed by atoms with Crippen LogP contribution in [0.2, 0.25) is 0 Å². The number of hydrogen-bond acceptors (Lipinski definition) is 6. The maximum atomic E-state index is 12.4. The third kappa shape index (κ3) is 4.88. The van der Waals surface area contributed by atoms with Gasteiger partial charge in [0.25, 0.3) is 0 Å². The van der Waals surface area contributed by atoms with Crippen LogP contribution in [0.25, 0.3) is 11.0 Å². The lowest BCUT2D eigenvalue weighted by Gasteiger charge is -2.17. The van der Waals surface area contributed by atoms with E-state index < -0.39 is 11.6 Å². The Bertz CT molecular complexity index is 847. The molecule has 0 saturated heterocycles. The zero-order chi connectivity index (χ0) is 19.1. The number of esters is 1. The van der Waals surface area contributed by atoms with E-state index in [1.165, 1.54) is 6.92 Å². The summed E-state index contributed by atoms with van der Waals surface area (Å²) in [6, 6.07) is 4.87. The fraction of sp³-hybridized carbons (Fsp3) is 0.400. The largest absolute Gasteiger partial charge is 0.486 e. The van der Waals surface area contributed by atoms with Crippen LogP contribution in [-0.4, -0.2) is 18.7 Å². The van der Waals surface area contributed by atoms with Crippen LogP contribution < -0.4 is 19.8 Å². The summed E-state index contributed by atoms with van der Waals surface area (Å²) in [6.07, 6.45) is 5.38. The summed E-state index contributed by atoms with van der Waals surface area (Å²) < 4.78 is 22.1. The second-order valence-electron chi connectivity index (χ2n) is 5.95. The second-order valence-corrected chi connectivity index (χ2v) is 5.95. The smallest absolute Gasteiger partial charge is 0.383 e. The van der Waals surface area contributed by atoms with Gasteiger partial charge >= 0.3 is 11.6 Å². The van der Waals surface area contributed by atoms with E-state index in [0.29, 0.717) is 18.4 Å². The van der Waals surface area contributed by atoms with E-state index in [4.69, 9.17) is 18.6 Å². The lowest BCUT2D eigenvalue weighted by molar-refractivity contribution is -0.131. The Labute approximate surface area is 152 Å². The summed E-state index contributed by atoms with van der Waals surface area (Å²) in [5.41, 5.74) is -0.366. The number of carbonyl (C=O) groups excluding carboxylic acids is 1. The monoisotopic (exact) mass is 360 g/mol. The van der Waals surface area contributed by atoms with Crippen molar-refractivity contribution in [2.45, 2.75) is 46.6 Å². The van der Waals surface area contributed by atoms with Gasteiger partial charge in [-0.15, -0.1) is 0 Å². The van der Waals surface area contributed by atoms with Crippen molar-refractivity contribution < 1.29 is 23.4 Å². The van der Waals surface area contributed by atoms with Gasteiger partial charge < -0.3 is 18.6 Å². The van der Waals surface area contributed by atoms with Crippen LogP contribution in [0.1, 0.15) is 40.5 Å². The Morgan fingerprint density at radius 3 is 2.65 bits per heavy atom. The number of fused-ring (bicyclic) bond motifs is 1. The molecule has 6 heteroatoms. The highest BCUT2D eigenvalue weighted by Crippen LogP contribution is 2.39. The van der Waals surface area contributed by atoms with Crippen LogP contribution in [0.5, 0.6) is 17.2 Å². The molecule has 1 aromatic heterocycles. The Morgan fingerprint density at radius 2 is 2.00 bits per heavy atom. The lowest BCUT2D eigenvalue weighted by atomic mass is 10.2. The molecule has 1 heterocycles. The number of carbonyl (C=O) groups is 1. The summed E-state index contributed by atoms with van der Waals surface area (Å²) in [4.78, 5) is 23.8. The number of hydrogen-bond donors (Lipinski definition) is 0. The number of ether oxygens (including phenoxy) is 3. The van der Waals surface area contributed by atoms with Crippen molar-refractivity contribution in [2.75, 3.05) is 6.61 Å². The molecule has 0 aliphatic heterocycles. The third-order valence-electron chi connectivity index (χ3n) is 3.35. The van der Waals surface area contributed by atoms with E-state index in [9.17, 15) is 9.59 Å². The molecule has 0 radical (unpaired) electrons. The molecule has 0 atom stereocenters. The molecule has 0 N–H and O–H groups in total. The first kappa shape index (κ1) is 19.6. The molecule has 1 aromatic carbocycles. The van der Waals surface area contributed by atoms with Gasteiger partial charge in [0, 0.05) is 6.92 Å². The Balaban J connectivity index is 2.54. The average molecular weight is 360 g/mol. The Kier molecular flexibility index (Phi) is 6.83. The van der Waals surface area contributed by atoms with Gasteiger partial charge in [-0.1, -0.05) is 25.1 Å². The first-order valence-corrected chi connectivity index (χ1v) is 8.66. The third-order valence-corrected chi connectivity index (χ3v) is 3.35. The van der Waals surface area contributed by atoms with Crippen molar-refractivity contribution in [2.24, 2.45) is 0 Å². The van der Waals surface area contributed by atoms with Crippen LogP contribution in [-0.2, 0) is 4.79 Å². The van der Waals surface area contributed by atoms with Gasteiger partial charge in [0.15, 0.2) is 5.75 Å². The minimum absolute atomic E-state index is 0.0179. The molecule has 0 spiro atoms. The highest BCUT2D eigenvalue weighted by atomic mass is 16.5. The van der Waals surface area contributed by atoms with Gasteiger partial charge in [0.2, 0.25) is 5.75 Å². The molecule has 0 unspecified atom stereocenters. The molecular formula is C20H24O6. The molecule has 0 aliphatic carbocycles. The fourth-order valence-electron chi connectivity index (χ4n) is 2.40. The molecule has 140 valence electrons. The van der Waals surface area contributed by atoms with Crippen molar-refractivity contribution in [3.63, 3.8) is 0 Å². The van der Waals surface area contributed by atoms with Gasteiger partial charge in [0.05, 0.1) is 12.7 Å². The van der Waals surface area contributed by atoms with Gasteiger partial charge in [-0.25, -0.2) is 4.79 Å². The summed E-state index contributed by atoms with van der Waals surface area (Å²) in [5, 5.41) is 0.398. The minimum Gasteiger partial charge on any atom is -0.486 e. The summed E-state index contributed by atoms with van der Waals surface area (Å²) in [6.45, 7) is 7.32. The topological polar surface area (TPSA) is 75.0 Å². The van der Waals surface area contributed by atoms with Gasteiger partial charge in [0.1, 0.15) is 16.7 Å². The summed E-state index contributed by atoms with van der Waals surface area (Å²) in [7, 11) is 0. The number of allylic oxidation sites excluding steroid dienone is 1. The maximum absolute atomic E-state index is 12.4. The summed E-state index contributed by atoms with van der Waals surface area (Å²) in [5.74, 6) is -0.0187. The van der Waals surface area contributed by atoms with Gasteiger partial charge in [-0.3, -0.25) is 4.79 Å². The average Bonchev–Trinajstić information content (AvgIpc) is 2.55. The standard InChI is InChI=1S/C20H24O6/c1-5-6-7-8-12-23-19-18(24-13(2)3)17-15(25-14(4)21)10-9-11-16(17)26-20(19)22/h6-7,9-11,13H,5,8,12H2,1-4H3/b7-6+. The Hall–Kier alpha value is -2.76. The molecule has 6 nitrogen and oxygen atoms in total. The molecule has 2 aromatic rings. The van der Waals surface area contributed by atoms with Crippen LogP contribution in [0, 0.1) is 0 Å². The van der Waals surface area contributed by atoms with Crippen molar-refractivity contribution in [1.29, 1.82) is 0 Å². The maximum Gasteiger partial charge on any atom is 0.383 e. The molecular weight excluding hydrogens is 336 g/mol. The number of rotatable bonds is 8. The highest BCUT2D eigenvalue weighted by Gasteiger charge is 2.22. The highest BCUT2D eigenvalue weighted by molar-refractivity contribution is 5.93. The fourth-order valence-corrected chi connectivity index (χ4v) is 2.40. The quantitative estimate of drug-likeness (QED) is 0.230. The van der Waals surface area contributed by atoms with E-state index in [0.717, 1.165) is 6.42 Å². The van der Waals surface area contributed by atoms with E-state index in [2.05, 4.69) is 0 Å². The van der Waals surface area contributed by atoms with E-state index >= 15 is 0 Å². The van der Waals surface area contributed by atoms with E-state index in [1.807, 2.05) is 32.9 Å². The van der Waals surface area contributed by atoms with Crippen LogP contribution in [0.15, 0.2) is 39.6 Å². The molecule has 0 amide bonds. The second kappa shape index (κ2) is 9.08. The van der Waals surface area contributed by atoms with Crippen molar-refractivity contribution in [3.05, 3.63) is 40.8 Å². The van der Waals surface area contributed by atoms with Crippen molar-refractivity contribution in [1.82, 2.24) is 0 Å². The van der Waals surface area contributed by atoms with Crippen LogP contribution in [0.4, 0.5) is 0 Å². The Morgan fingerprint density at radius 1 is 1.23 bits per heavy atom. The molecule has 2 rings (SSSR count). The van der Waals surface area contributed by atoms with E-state index in [-0.39, 0.29) is 28.9 Å².